The van der Waals surface area contributed by atoms with Crippen LogP contribution in [0.25, 0.3) is 0 Å². The molecule has 8 heavy (non-hydrogen) atoms. The van der Waals surface area contributed by atoms with Gasteiger partial charge in [0, 0.05) is 20.8 Å². The van der Waals surface area contributed by atoms with Gasteiger partial charge in [-0.15, -0.1) is 0 Å². The first-order chi connectivity index (χ1) is 3.56. The Labute approximate surface area is 63.8 Å². The molecule has 0 radical (unpaired) electrons. The van der Waals surface area contributed by atoms with E-state index in [0.717, 1.165) is 0 Å². The molecule has 0 spiro atoms. The highest BCUT2D eigenvalue weighted by molar-refractivity contribution is 9.39. The van der Waals surface area contributed by atoms with Crippen molar-refractivity contribution in [2.75, 3.05) is 11.9 Å². The van der Waals surface area contributed by atoms with Gasteiger partial charge in [-0.2, -0.15) is 0 Å². The van der Waals surface area contributed by atoms with E-state index in [4.69, 9.17) is 4.89 Å². The fraction of sp³-hybridized carbons (Fsp3) is 1.00. The van der Waals surface area contributed by atoms with E-state index in [9.17, 15) is 4.57 Å². The summed E-state index contributed by atoms with van der Waals surface area (Å²) in [6.45, 7) is 0.235. The van der Waals surface area contributed by atoms with Crippen molar-refractivity contribution in [3.8, 4) is 0 Å². The third kappa shape index (κ3) is 7.11. The quantitative estimate of drug-likeness (QED) is 0.628. The van der Waals surface area contributed by atoms with Gasteiger partial charge in [-0.05, 0) is 0 Å². The molecule has 0 bridgehead atoms. The van der Waals surface area contributed by atoms with E-state index in [0.29, 0.717) is 5.33 Å². The van der Waals surface area contributed by atoms with E-state index in [1.807, 2.05) is 0 Å². The summed E-state index contributed by atoms with van der Waals surface area (Å²) < 4.78 is 14.6. The van der Waals surface area contributed by atoms with Crippen molar-refractivity contribution in [2.45, 2.75) is 0 Å². The van der Waals surface area contributed by atoms with Gasteiger partial charge in [0.25, 0.3) is 0 Å². The molecule has 0 heterocycles. The average Bonchev–Trinajstić information content (AvgIpc) is 1.59. The zero-order chi connectivity index (χ0) is 6.62. The first kappa shape index (κ1) is 9.11. The molecule has 1 unspecified atom stereocenters. The van der Waals surface area contributed by atoms with Crippen molar-refractivity contribution in [3.05, 3.63) is 0 Å². The summed E-state index contributed by atoms with van der Waals surface area (Å²) >= 11 is 5.47. The molecule has 50 valence electrons. The fourth-order valence-corrected chi connectivity index (χ4v) is 1.31. The molecule has 1 N–H and O–H groups in total. The van der Waals surface area contributed by atoms with Crippen molar-refractivity contribution in [2.24, 2.45) is 0 Å². The Balaban J connectivity index is 3.26. The number of hydrogen-bond donors (Lipinski definition) is 1. The SMILES string of the molecule is O=P(O)(Br)OCCBr. The molecule has 0 aromatic heterocycles. The average molecular weight is 268 g/mol. The molecule has 0 aromatic rings. The van der Waals surface area contributed by atoms with Crippen LogP contribution in [0.4, 0.5) is 0 Å². The normalized spacial score (nSPS) is 17.9. The predicted molar refractivity (Wildman–Crippen MR) is 38.5 cm³/mol. The van der Waals surface area contributed by atoms with Gasteiger partial charge in [0.05, 0.1) is 6.61 Å². The highest BCUT2D eigenvalue weighted by atomic mass is 79.9. The Morgan fingerprint density at radius 1 is 1.75 bits per heavy atom. The second-order valence-electron chi connectivity index (χ2n) is 0.974. The molecule has 0 aliphatic carbocycles. The lowest BCUT2D eigenvalue weighted by Gasteiger charge is -2.00. The Hall–Kier alpha value is 1.11. The minimum absolute atomic E-state index is 0.235. The standard InChI is InChI=1S/C2H5Br2O3P/c3-1-2-7-8(4,5)6/h1-2H2,(H,5,6). The topological polar surface area (TPSA) is 46.5 Å². The summed E-state index contributed by atoms with van der Waals surface area (Å²) in [7, 11) is 0. The molecular formula is C2H5Br2O3P. The fourth-order valence-electron chi connectivity index (χ4n) is 0.147. The monoisotopic (exact) mass is 266 g/mol. The van der Waals surface area contributed by atoms with Crippen molar-refractivity contribution in [1.82, 2.24) is 0 Å². The number of rotatable bonds is 3. The molecule has 6 heteroatoms. The Morgan fingerprint density at radius 2 is 2.25 bits per heavy atom. The van der Waals surface area contributed by atoms with E-state index in [2.05, 4.69) is 35.9 Å². The molecule has 0 aliphatic heterocycles. The summed E-state index contributed by atoms with van der Waals surface area (Å²) in [5.41, 5.74) is 0. The Morgan fingerprint density at radius 3 is 2.38 bits per heavy atom. The lowest BCUT2D eigenvalue weighted by atomic mass is 10.9. The van der Waals surface area contributed by atoms with Crippen LogP contribution < -0.4 is 0 Å². The molecule has 0 aromatic carbocycles. The maximum Gasteiger partial charge on any atom is 0.393 e. The van der Waals surface area contributed by atoms with Crippen LogP contribution in [0, 0.1) is 0 Å². The summed E-state index contributed by atoms with van der Waals surface area (Å²) in [5.74, 6) is 0. The Kier molecular flexibility index (Phi) is 4.57. The van der Waals surface area contributed by atoms with Gasteiger partial charge >= 0.3 is 6.30 Å². The van der Waals surface area contributed by atoms with E-state index in [1.54, 1.807) is 0 Å². The van der Waals surface area contributed by atoms with Crippen molar-refractivity contribution < 1.29 is 14.0 Å². The first-order valence-electron chi connectivity index (χ1n) is 1.79. The molecular weight excluding hydrogens is 263 g/mol. The van der Waals surface area contributed by atoms with Crippen LogP contribution in [0.5, 0.6) is 0 Å². The van der Waals surface area contributed by atoms with Gasteiger partial charge in [0.1, 0.15) is 0 Å². The zero-order valence-corrected chi connectivity index (χ0v) is 7.95. The summed E-state index contributed by atoms with van der Waals surface area (Å²) in [4.78, 5) is 8.38. The van der Waals surface area contributed by atoms with E-state index in [1.165, 1.54) is 0 Å². The van der Waals surface area contributed by atoms with E-state index in [-0.39, 0.29) is 6.61 Å². The summed E-state index contributed by atoms with van der Waals surface area (Å²) in [6, 6.07) is 0. The van der Waals surface area contributed by atoms with Gasteiger partial charge in [-0.3, -0.25) is 4.52 Å². The van der Waals surface area contributed by atoms with Crippen LogP contribution in [0.3, 0.4) is 0 Å². The third-order valence-corrected chi connectivity index (χ3v) is 1.77. The molecule has 0 saturated heterocycles. The van der Waals surface area contributed by atoms with E-state index < -0.39 is 6.30 Å². The molecule has 0 fully saturated rings. The lowest BCUT2D eigenvalue weighted by molar-refractivity contribution is 0.296. The third-order valence-electron chi connectivity index (χ3n) is 0.328. The van der Waals surface area contributed by atoms with Gasteiger partial charge in [0.2, 0.25) is 0 Å². The number of alkyl halides is 1. The second kappa shape index (κ2) is 4.01. The molecule has 0 amide bonds. The van der Waals surface area contributed by atoms with Crippen molar-refractivity contribution >= 4 is 37.7 Å². The van der Waals surface area contributed by atoms with Crippen LogP contribution in [0.15, 0.2) is 0 Å². The maximum absolute atomic E-state index is 10.2. The summed E-state index contributed by atoms with van der Waals surface area (Å²) in [5, 5.41) is 0.559. The molecule has 3 nitrogen and oxygen atoms in total. The largest absolute Gasteiger partial charge is 0.393 e. The van der Waals surface area contributed by atoms with Crippen LogP contribution in [-0.4, -0.2) is 16.8 Å². The number of hydrogen-bond acceptors (Lipinski definition) is 2. The summed E-state index contributed by atoms with van der Waals surface area (Å²) in [6.07, 6.45) is -3.40. The van der Waals surface area contributed by atoms with Crippen molar-refractivity contribution in [1.29, 1.82) is 0 Å². The smallest absolute Gasteiger partial charge is 0.316 e. The van der Waals surface area contributed by atoms with Gasteiger partial charge in [-0.1, -0.05) is 15.9 Å². The van der Waals surface area contributed by atoms with Crippen LogP contribution in [0.1, 0.15) is 0 Å². The number of halogens is 2. The Bertz CT molecular complexity index is 99.5. The molecule has 0 saturated carbocycles. The van der Waals surface area contributed by atoms with Gasteiger partial charge in [0.15, 0.2) is 0 Å². The lowest BCUT2D eigenvalue weighted by Crippen LogP contribution is -1.87. The predicted octanol–water partition coefficient (Wildman–Crippen LogP) is 1.89. The van der Waals surface area contributed by atoms with Gasteiger partial charge < -0.3 is 4.89 Å². The molecule has 0 rings (SSSR count). The van der Waals surface area contributed by atoms with E-state index >= 15 is 0 Å². The highest BCUT2D eigenvalue weighted by Crippen LogP contribution is 2.50. The highest BCUT2D eigenvalue weighted by Gasteiger charge is 2.10. The van der Waals surface area contributed by atoms with Crippen LogP contribution in [-0.2, 0) is 9.09 Å². The van der Waals surface area contributed by atoms with Crippen molar-refractivity contribution in [3.63, 3.8) is 0 Å². The molecule has 1 atom stereocenters. The van der Waals surface area contributed by atoms with Gasteiger partial charge in [-0.25, -0.2) is 4.57 Å². The minimum Gasteiger partial charge on any atom is -0.316 e. The zero-order valence-electron chi connectivity index (χ0n) is 3.88. The second-order valence-corrected chi connectivity index (χ2v) is 5.62. The first-order valence-corrected chi connectivity index (χ1v) is 6.51. The van der Waals surface area contributed by atoms with Crippen LogP contribution in [0.2, 0.25) is 0 Å². The maximum atomic E-state index is 10.2. The molecule has 0 aliphatic rings. The van der Waals surface area contributed by atoms with Crippen LogP contribution >= 0.6 is 37.7 Å². The minimum atomic E-state index is -3.40.